The molecule has 1 heterocycles. The van der Waals surface area contributed by atoms with Gasteiger partial charge in [-0.15, -0.1) is 0 Å². The monoisotopic (exact) mass is 350 g/mol. The van der Waals surface area contributed by atoms with Crippen molar-refractivity contribution in [2.75, 3.05) is 11.9 Å². The fraction of sp³-hybridized carbons (Fsp3) is 0.150. The summed E-state index contributed by atoms with van der Waals surface area (Å²) in [5.41, 5.74) is 2.06. The van der Waals surface area contributed by atoms with Crippen molar-refractivity contribution in [1.29, 1.82) is 0 Å². The van der Waals surface area contributed by atoms with Crippen LogP contribution in [0, 0.1) is 12.7 Å². The van der Waals surface area contributed by atoms with Crippen molar-refractivity contribution in [2.24, 2.45) is 0 Å². The first-order chi connectivity index (χ1) is 12.5. The number of halogens is 1. The van der Waals surface area contributed by atoms with Gasteiger partial charge in [0.15, 0.2) is 0 Å². The van der Waals surface area contributed by atoms with Crippen LogP contribution in [0.5, 0.6) is 0 Å². The fourth-order valence-corrected chi connectivity index (χ4v) is 2.50. The molecule has 0 fully saturated rings. The summed E-state index contributed by atoms with van der Waals surface area (Å²) < 4.78 is 12.9. The van der Waals surface area contributed by atoms with Crippen LogP contribution in [0.2, 0.25) is 0 Å². The largest absolute Gasteiger partial charge is 0.347 e. The molecule has 0 unspecified atom stereocenters. The average molecular weight is 350 g/mol. The van der Waals surface area contributed by atoms with Crippen molar-refractivity contribution in [2.45, 2.75) is 13.5 Å². The summed E-state index contributed by atoms with van der Waals surface area (Å²) in [4.78, 5) is 23.0. The van der Waals surface area contributed by atoms with Gasteiger partial charge in [-0.3, -0.25) is 4.79 Å². The van der Waals surface area contributed by atoms with Crippen molar-refractivity contribution in [3.05, 3.63) is 83.6 Å². The minimum Gasteiger partial charge on any atom is -0.347 e. The van der Waals surface area contributed by atoms with E-state index in [2.05, 4.69) is 15.3 Å². The first-order valence-corrected chi connectivity index (χ1v) is 8.20. The van der Waals surface area contributed by atoms with Crippen LogP contribution in [0.3, 0.4) is 0 Å². The molecule has 2 aromatic carbocycles. The van der Waals surface area contributed by atoms with Crippen LogP contribution in [-0.4, -0.2) is 22.9 Å². The lowest BCUT2D eigenvalue weighted by Crippen LogP contribution is -2.25. The summed E-state index contributed by atoms with van der Waals surface area (Å²) in [5, 5.41) is 2.80. The first-order valence-electron chi connectivity index (χ1n) is 8.20. The Kier molecular flexibility index (Phi) is 5.22. The third-order valence-electron chi connectivity index (χ3n) is 3.91. The molecular weight excluding hydrogens is 331 g/mol. The highest BCUT2D eigenvalue weighted by molar-refractivity contribution is 5.93. The molecule has 26 heavy (non-hydrogen) atoms. The lowest BCUT2D eigenvalue weighted by Gasteiger charge is -2.19. The van der Waals surface area contributed by atoms with Gasteiger partial charge in [-0.2, -0.15) is 0 Å². The van der Waals surface area contributed by atoms with Gasteiger partial charge in [-0.1, -0.05) is 30.3 Å². The van der Waals surface area contributed by atoms with Gasteiger partial charge in [0, 0.05) is 25.3 Å². The standard InChI is InChI=1S/C20H19FN4O/c1-14-23-18(20(26)22-13-15-8-10-16(21)11-9-15)12-19(24-14)25(2)17-6-4-3-5-7-17/h3-12H,13H2,1-2H3,(H,22,26). The zero-order valence-electron chi connectivity index (χ0n) is 14.6. The third-order valence-corrected chi connectivity index (χ3v) is 3.91. The van der Waals surface area contributed by atoms with Gasteiger partial charge in [0.25, 0.3) is 5.91 Å². The van der Waals surface area contributed by atoms with Gasteiger partial charge in [0.2, 0.25) is 0 Å². The second-order valence-electron chi connectivity index (χ2n) is 5.86. The predicted octanol–water partition coefficient (Wildman–Crippen LogP) is 3.62. The molecule has 0 atom stereocenters. The molecule has 0 saturated heterocycles. The second kappa shape index (κ2) is 7.74. The van der Waals surface area contributed by atoms with Gasteiger partial charge in [0.05, 0.1) is 0 Å². The molecule has 0 aliphatic carbocycles. The number of nitrogens with zero attached hydrogens (tertiary/aromatic N) is 3. The summed E-state index contributed by atoms with van der Waals surface area (Å²) in [5.74, 6) is 0.537. The van der Waals surface area contributed by atoms with Crippen LogP contribution in [0.4, 0.5) is 15.9 Å². The van der Waals surface area contributed by atoms with E-state index in [1.807, 2.05) is 42.3 Å². The van der Waals surface area contributed by atoms with E-state index in [4.69, 9.17) is 0 Å². The van der Waals surface area contributed by atoms with Crippen molar-refractivity contribution in [1.82, 2.24) is 15.3 Å². The molecule has 6 heteroatoms. The number of carbonyl (C=O) groups is 1. The Labute approximate surface area is 151 Å². The van der Waals surface area contributed by atoms with Crippen molar-refractivity contribution < 1.29 is 9.18 Å². The van der Waals surface area contributed by atoms with Crippen molar-refractivity contribution >= 4 is 17.4 Å². The molecule has 5 nitrogen and oxygen atoms in total. The topological polar surface area (TPSA) is 58.1 Å². The molecule has 0 aliphatic heterocycles. The van der Waals surface area contributed by atoms with Gasteiger partial charge < -0.3 is 10.2 Å². The number of anilines is 2. The van der Waals surface area contributed by atoms with Crippen LogP contribution >= 0.6 is 0 Å². The Morgan fingerprint density at radius 3 is 2.46 bits per heavy atom. The van der Waals surface area contributed by atoms with E-state index in [0.29, 0.717) is 18.2 Å². The first kappa shape index (κ1) is 17.5. The Bertz CT molecular complexity index is 897. The molecule has 0 bridgehead atoms. The lowest BCUT2D eigenvalue weighted by atomic mass is 10.2. The third kappa shape index (κ3) is 4.22. The Morgan fingerprint density at radius 1 is 1.08 bits per heavy atom. The van der Waals surface area contributed by atoms with Crippen molar-refractivity contribution in [3.63, 3.8) is 0 Å². The highest BCUT2D eigenvalue weighted by Crippen LogP contribution is 2.21. The number of hydrogen-bond acceptors (Lipinski definition) is 4. The van der Waals surface area contributed by atoms with Gasteiger partial charge in [-0.25, -0.2) is 14.4 Å². The Morgan fingerprint density at radius 2 is 1.77 bits per heavy atom. The number of nitrogens with one attached hydrogen (secondary N) is 1. The van der Waals surface area contributed by atoms with E-state index in [1.54, 1.807) is 25.1 Å². The van der Waals surface area contributed by atoms with Crippen LogP contribution in [0.25, 0.3) is 0 Å². The quantitative estimate of drug-likeness (QED) is 0.763. The van der Waals surface area contributed by atoms with Gasteiger partial charge in [-0.05, 0) is 36.8 Å². The zero-order chi connectivity index (χ0) is 18.5. The maximum absolute atomic E-state index is 12.9. The number of carbonyl (C=O) groups excluding carboxylic acids is 1. The average Bonchev–Trinajstić information content (AvgIpc) is 2.67. The number of hydrogen-bond donors (Lipinski definition) is 1. The van der Waals surface area contributed by atoms with E-state index < -0.39 is 0 Å². The van der Waals surface area contributed by atoms with Crippen LogP contribution in [-0.2, 0) is 6.54 Å². The molecule has 1 amide bonds. The summed E-state index contributed by atoms with van der Waals surface area (Å²) in [7, 11) is 1.89. The highest BCUT2D eigenvalue weighted by atomic mass is 19.1. The van der Waals surface area contributed by atoms with E-state index in [-0.39, 0.29) is 17.4 Å². The molecule has 0 radical (unpaired) electrons. The number of benzene rings is 2. The van der Waals surface area contributed by atoms with E-state index >= 15 is 0 Å². The van der Waals surface area contributed by atoms with E-state index in [1.165, 1.54) is 12.1 Å². The minimum atomic E-state index is -0.305. The smallest absolute Gasteiger partial charge is 0.270 e. The molecule has 1 N–H and O–H groups in total. The zero-order valence-corrected chi connectivity index (χ0v) is 14.6. The molecule has 132 valence electrons. The summed E-state index contributed by atoms with van der Waals surface area (Å²) in [6.45, 7) is 2.05. The number of aryl methyl sites for hydroxylation is 1. The molecular formula is C20H19FN4O. The molecule has 1 aromatic heterocycles. The van der Waals surface area contributed by atoms with E-state index in [9.17, 15) is 9.18 Å². The van der Waals surface area contributed by atoms with Crippen LogP contribution < -0.4 is 10.2 Å². The summed E-state index contributed by atoms with van der Waals surface area (Å²) in [6, 6.07) is 17.4. The maximum Gasteiger partial charge on any atom is 0.270 e. The molecule has 0 saturated carbocycles. The fourth-order valence-electron chi connectivity index (χ4n) is 2.50. The summed E-state index contributed by atoms with van der Waals surface area (Å²) in [6.07, 6.45) is 0. The number of amides is 1. The second-order valence-corrected chi connectivity index (χ2v) is 5.86. The van der Waals surface area contributed by atoms with Crippen LogP contribution in [0.15, 0.2) is 60.7 Å². The van der Waals surface area contributed by atoms with Crippen LogP contribution in [0.1, 0.15) is 21.9 Å². The molecule has 0 spiro atoms. The highest BCUT2D eigenvalue weighted by Gasteiger charge is 2.13. The number of rotatable bonds is 5. The number of para-hydroxylation sites is 1. The maximum atomic E-state index is 12.9. The molecule has 0 aliphatic rings. The molecule has 3 aromatic rings. The normalized spacial score (nSPS) is 10.4. The molecule has 3 rings (SSSR count). The van der Waals surface area contributed by atoms with Crippen molar-refractivity contribution in [3.8, 4) is 0 Å². The van der Waals surface area contributed by atoms with Gasteiger partial charge >= 0.3 is 0 Å². The lowest BCUT2D eigenvalue weighted by molar-refractivity contribution is 0.0945. The predicted molar refractivity (Wildman–Crippen MR) is 98.8 cm³/mol. The number of aromatic nitrogens is 2. The van der Waals surface area contributed by atoms with Gasteiger partial charge in [0.1, 0.15) is 23.2 Å². The summed E-state index contributed by atoms with van der Waals surface area (Å²) >= 11 is 0. The Hall–Kier alpha value is -3.28. The minimum absolute atomic E-state index is 0.289. The van der Waals surface area contributed by atoms with E-state index in [0.717, 1.165) is 11.3 Å². The Balaban J connectivity index is 1.76. The SMILES string of the molecule is Cc1nc(C(=O)NCc2ccc(F)cc2)cc(N(C)c2ccccc2)n1.